The minimum atomic E-state index is -4.99. The number of benzene rings is 2. The predicted molar refractivity (Wildman–Crippen MR) is 90.3 cm³/mol. The van der Waals surface area contributed by atoms with Crippen LogP contribution in [0.3, 0.4) is 0 Å². The Kier molecular flexibility index (Phi) is 3.62. The molecule has 0 radical (unpaired) electrons. The van der Waals surface area contributed by atoms with Crippen molar-refractivity contribution in [3.05, 3.63) is 59.2 Å². The van der Waals surface area contributed by atoms with Crippen molar-refractivity contribution in [3.63, 3.8) is 0 Å². The molecule has 0 aromatic heterocycles. The average Bonchev–Trinajstić information content (AvgIpc) is 3.30. The normalized spacial score (nSPS) is 17.8. The van der Waals surface area contributed by atoms with Gasteiger partial charge in [-0.3, -0.25) is 4.31 Å². The van der Waals surface area contributed by atoms with Crippen LogP contribution in [0.2, 0.25) is 0 Å². The number of anilines is 1. The lowest BCUT2D eigenvalue weighted by atomic mass is 9.99. The first-order chi connectivity index (χ1) is 12.6. The first kappa shape index (κ1) is 17.8. The van der Waals surface area contributed by atoms with E-state index in [0.717, 1.165) is 28.8 Å². The number of halogens is 3. The summed E-state index contributed by atoms with van der Waals surface area (Å²) in [7, 11) is -4.27. The molecule has 9 heteroatoms. The maximum absolute atomic E-state index is 13.3. The third-order valence-electron chi connectivity index (χ3n) is 5.16. The monoisotopic (exact) mass is 397 g/mol. The lowest BCUT2D eigenvalue weighted by molar-refractivity contribution is -0.138. The summed E-state index contributed by atoms with van der Waals surface area (Å²) in [6, 6.07) is 8.96. The summed E-state index contributed by atoms with van der Waals surface area (Å²) in [4.78, 5) is 10.5. The Labute approximate surface area is 153 Å². The van der Waals surface area contributed by atoms with Crippen LogP contribution in [0, 0.1) is 0 Å². The van der Waals surface area contributed by atoms with Gasteiger partial charge in [0.1, 0.15) is 0 Å². The Morgan fingerprint density at radius 3 is 2.37 bits per heavy atom. The molecule has 0 amide bonds. The predicted octanol–water partition coefficient (Wildman–Crippen LogP) is 3.64. The molecule has 0 atom stereocenters. The van der Waals surface area contributed by atoms with Gasteiger partial charge in [-0.1, -0.05) is 18.2 Å². The van der Waals surface area contributed by atoms with Crippen LogP contribution < -0.4 is 4.31 Å². The van der Waals surface area contributed by atoms with Gasteiger partial charge in [-0.25, -0.2) is 13.2 Å². The zero-order valence-electron chi connectivity index (χ0n) is 13.8. The standard InChI is InChI=1S/C18H14F3NO4S/c19-18(20,21)14-9-11(5-6-12(14)16(23)24)27(25,26)22-10-17(7-8-17)13-3-1-2-4-15(13)22/h1-6,9H,7-8,10H2,(H,23,24). The van der Waals surface area contributed by atoms with Gasteiger partial charge in [-0.15, -0.1) is 0 Å². The Bertz CT molecular complexity index is 1060. The number of para-hydroxylation sites is 1. The van der Waals surface area contributed by atoms with Gasteiger partial charge in [0, 0.05) is 12.0 Å². The summed E-state index contributed by atoms with van der Waals surface area (Å²) in [5.41, 5.74) is -1.39. The summed E-state index contributed by atoms with van der Waals surface area (Å²) in [6.45, 7) is 0.177. The van der Waals surface area contributed by atoms with Crippen molar-refractivity contribution in [1.82, 2.24) is 0 Å². The van der Waals surface area contributed by atoms with Crippen molar-refractivity contribution in [3.8, 4) is 0 Å². The maximum Gasteiger partial charge on any atom is 0.417 e. The van der Waals surface area contributed by atoms with Gasteiger partial charge >= 0.3 is 12.1 Å². The van der Waals surface area contributed by atoms with E-state index in [-0.39, 0.29) is 12.0 Å². The Morgan fingerprint density at radius 2 is 1.78 bits per heavy atom. The number of hydrogen-bond donors (Lipinski definition) is 1. The van der Waals surface area contributed by atoms with E-state index < -0.39 is 38.2 Å². The number of alkyl halides is 3. The van der Waals surface area contributed by atoms with Gasteiger partial charge in [0.25, 0.3) is 10.0 Å². The fourth-order valence-electron chi connectivity index (χ4n) is 3.61. The molecule has 0 unspecified atom stereocenters. The van der Waals surface area contributed by atoms with E-state index in [0.29, 0.717) is 17.8 Å². The average molecular weight is 397 g/mol. The first-order valence-electron chi connectivity index (χ1n) is 8.13. The van der Waals surface area contributed by atoms with Crippen LogP contribution in [0.1, 0.15) is 34.3 Å². The van der Waals surface area contributed by atoms with Crippen molar-refractivity contribution in [2.24, 2.45) is 0 Å². The highest BCUT2D eigenvalue weighted by molar-refractivity contribution is 7.92. The van der Waals surface area contributed by atoms with Crippen molar-refractivity contribution in [2.75, 3.05) is 10.8 Å². The van der Waals surface area contributed by atoms with E-state index in [1.807, 2.05) is 6.07 Å². The molecule has 5 nitrogen and oxygen atoms in total. The summed E-state index contributed by atoms with van der Waals surface area (Å²) in [6.07, 6.45) is -3.34. The van der Waals surface area contributed by atoms with E-state index in [9.17, 15) is 26.4 Å². The van der Waals surface area contributed by atoms with Crippen LogP contribution in [-0.2, 0) is 21.6 Å². The smallest absolute Gasteiger partial charge is 0.417 e. The number of carbonyl (C=O) groups is 1. The molecule has 1 N–H and O–H groups in total. The third kappa shape index (κ3) is 2.68. The van der Waals surface area contributed by atoms with E-state index in [4.69, 9.17) is 5.11 Å². The second kappa shape index (κ2) is 5.48. The second-order valence-electron chi connectivity index (χ2n) is 6.82. The molecule has 27 heavy (non-hydrogen) atoms. The van der Waals surface area contributed by atoms with E-state index in [1.165, 1.54) is 0 Å². The second-order valence-corrected chi connectivity index (χ2v) is 8.68. The molecule has 1 saturated carbocycles. The number of nitrogens with zero attached hydrogens (tertiary/aromatic N) is 1. The first-order valence-corrected chi connectivity index (χ1v) is 9.57. The molecular weight excluding hydrogens is 383 g/mol. The van der Waals surface area contributed by atoms with Crippen LogP contribution in [0.4, 0.5) is 18.9 Å². The topological polar surface area (TPSA) is 74.7 Å². The summed E-state index contributed by atoms with van der Waals surface area (Å²) >= 11 is 0. The molecule has 0 saturated heterocycles. The maximum atomic E-state index is 13.3. The van der Waals surface area contributed by atoms with E-state index in [1.54, 1.807) is 18.2 Å². The molecule has 0 bridgehead atoms. The molecule has 4 rings (SSSR count). The van der Waals surface area contributed by atoms with Crippen LogP contribution in [0.15, 0.2) is 47.4 Å². The number of sulfonamides is 1. The summed E-state index contributed by atoms with van der Waals surface area (Å²) in [5, 5.41) is 8.98. The summed E-state index contributed by atoms with van der Waals surface area (Å²) < 4.78 is 67.1. The number of rotatable bonds is 3. The van der Waals surface area contributed by atoms with E-state index in [2.05, 4.69) is 0 Å². The lowest BCUT2D eigenvalue weighted by Gasteiger charge is -2.21. The van der Waals surface area contributed by atoms with Crippen molar-refractivity contribution in [2.45, 2.75) is 29.3 Å². The fraction of sp³-hybridized carbons (Fsp3) is 0.278. The molecule has 2 aliphatic rings. The zero-order chi connectivity index (χ0) is 19.6. The molecule has 1 fully saturated rings. The Balaban J connectivity index is 1.83. The molecule has 1 heterocycles. The lowest BCUT2D eigenvalue weighted by Crippen LogP contribution is -2.32. The Morgan fingerprint density at radius 1 is 1.11 bits per heavy atom. The van der Waals surface area contributed by atoms with Crippen LogP contribution >= 0.6 is 0 Å². The largest absolute Gasteiger partial charge is 0.478 e. The van der Waals surface area contributed by atoms with Crippen molar-refractivity contribution in [1.29, 1.82) is 0 Å². The van der Waals surface area contributed by atoms with Gasteiger partial charge in [-0.2, -0.15) is 13.2 Å². The minimum absolute atomic E-state index is 0.177. The van der Waals surface area contributed by atoms with Crippen LogP contribution in [-0.4, -0.2) is 26.0 Å². The molecule has 2 aromatic rings. The van der Waals surface area contributed by atoms with Crippen LogP contribution in [0.5, 0.6) is 0 Å². The van der Waals surface area contributed by atoms with Crippen molar-refractivity contribution >= 4 is 21.7 Å². The molecule has 2 aromatic carbocycles. The molecule has 1 aliphatic heterocycles. The number of carboxylic acids is 1. The molecular formula is C18H14F3NO4S. The van der Waals surface area contributed by atoms with Gasteiger partial charge in [0.15, 0.2) is 0 Å². The number of carboxylic acid groups (broad SMARTS) is 1. The Hall–Kier alpha value is -2.55. The molecule has 1 spiro atoms. The highest BCUT2D eigenvalue weighted by atomic mass is 32.2. The highest BCUT2D eigenvalue weighted by Gasteiger charge is 2.54. The zero-order valence-corrected chi connectivity index (χ0v) is 14.6. The number of fused-ring (bicyclic) bond motifs is 2. The summed E-state index contributed by atoms with van der Waals surface area (Å²) in [5.74, 6) is -1.77. The third-order valence-corrected chi connectivity index (χ3v) is 6.91. The number of hydrogen-bond acceptors (Lipinski definition) is 3. The quantitative estimate of drug-likeness (QED) is 0.858. The molecule has 1 aliphatic carbocycles. The van der Waals surface area contributed by atoms with Gasteiger partial charge in [-0.05, 0) is 42.7 Å². The number of aromatic carboxylic acids is 1. The van der Waals surface area contributed by atoms with E-state index >= 15 is 0 Å². The van der Waals surface area contributed by atoms with Gasteiger partial charge in [0.2, 0.25) is 0 Å². The van der Waals surface area contributed by atoms with Gasteiger partial charge in [0.05, 0.1) is 21.7 Å². The highest BCUT2D eigenvalue weighted by Crippen LogP contribution is 2.57. The van der Waals surface area contributed by atoms with Crippen molar-refractivity contribution < 1.29 is 31.5 Å². The van der Waals surface area contributed by atoms with Gasteiger partial charge < -0.3 is 5.11 Å². The minimum Gasteiger partial charge on any atom is -0.478 e. The van der Waals surface area contributed by atoms with Crippen LogP contribution in [0.25, 0.3) is 0 Å². The molecule has 142 valence electrons. The fourth-order valence-corrected chi connectivity index (χ4v) is 5.21. The SMILES string of the molecule is O=C(O)c1ccc(S(=O)(=O)N2CC3(CC3)c3ccccc32)cc1C(F)(F)F.